The minimum Gasteiger partial charge on any atom is -0.373 e. The predicted molar refractivity (Wildman–Crippen MR) is 50.8 cm³/mol. The lowest BCUT2D eigenvalue weighted by Crippen LogP contribution is -2.08. The number of halogens is 3. The number of aromatic nitrogens is 1. The minimum atomic E-state index is -4.29. The van der Waals surface area contributed by atoms with E-state index in [9.17, 15) is 13.2 Å². The second-order valence-electron chi connectivity index (χ2n) is 3.69. The highest BCUT2D eigenvalue weighted by Crippen LogP contribution is 2.41. The van der Waals surface area contributed by atoms with Crippen molar-refractivity contribution in [2.75, 3.05) is 12.4 Å². The third-order valence-corrected chi connectivity index (χ3v) is 2.42. The molecule has 1 aromatic heterocycles. The Labute approximate surface area is 85.5 Å². The highest BCUT2D eigenvalue weighted by Gasteiger charge is 2.34. The fourth-order valence-corrected chi connectivity index (χ4v) is 1.43. The summed E-state index contributed by atoms with van der Waals surface area (Å²) in [6, 6.07) is 2.18. The van der Waals surface area contributed by atoms with Crippen LogP contribution >= 0.6 is 0 Å². The summed E-state index contributed by atoms with van der Waals surface area (Å²) in [4.78, 5) is 4.12. The normalized spacial score (nSPS) is 16.5. The summed E-state index contributed by atoms with van der Waals surface area (Å²) in [6.07, 6.45) is -2.41. The Morgan fingerprint density at radius 3 is 2.47 bits per heavy atom. The van der Waals surface area contributed by atoms with Crippen LogP contribution in [0, 0.1) is 0 Å². The van der Waals surface area contributed by atoms with Gasteiger partial charge < -0.3 is 5.32 Å². The maximum Gasteiger partial charge on any atom is 0.416 e. The Hall–Kier alpha value is -1.26. The Balaban J connectivity index is 2.41. The van der Waals surface area contributed by atoms with Gasteiger partial charge in [0.1, 0.15) is 5.82 Å². The minimum absolute atomic E-state index is 0.222. The Kier molecular flexibility index (Phi) is 2.32. The lowest BCUT2D eigenvalue weighted by molar-refractivity contribution is -0.137. The first-order valence-electron chi connectivity index (χ1n) is 4.77. The van der Waals surface area contributed by atoms with E-state index in [-0.39, 0.29) is 11.7 Å². The van der Waals surface area contributed by atoms with E-state index >= 15 is 0 Å². The number of alkyl halides is 3. The van der Waals surface area contributed by atoms with Gasteiger partial charge in [0.15, 0.2) is 0 Å². The SMILES string of the molecule is CNc1cc(C(F)(F)F)cc(C2CC2)n1. The lowest BCUT2D eigenvalue weighted by Gasteiger charge is -2.10. The van der Waals surface area contributed by atoms with Crippen LogP contribution in [0.2, 0.25) is 0 Å². The molecule has 2 rings (SSSR count). The van der Waals surface area contributed by atoms with Crippen molar-refractivity contribution in [1.82, 2.24) is 4.98 Å². The molecule has 1 saturated carbocycles. The molecule has 1 aliphatic rings. The Morgan fingerprint density at radius 1 is 1.33 bits per heavy atom. The molecular weight excluding hydrogens is 205 g/mol. The molecule has 0 aromatic carbocycles. The molecule has 0 atom stereocenters. The van der Waals surface area contributed by atoms with E-state index in [1.54, 1.807) is 7.05 Å². The zero-order valence-corrected chi connectivity index (χ0v) is 8.23. The molecule has 0 bridgehead atoms. The number of nitrogens with one attached hydrogen (secondary N) is 1. The maximum atomic E-state index is 12.5. The number of hydrogen-bond acceptors (Lipinski definition) is 2. The zero-order chi connectivity index (χ0) is 11.1. The van der Waals surface area contributed by atoms with Gasteiger partial charge in [-0.15, -0.1) is 0 Å². The van der Waals surface area contributed by atoms with Crippen molar-refractivity contribution < 1.29 is 13.2 Å². The van der Waals surface area contributed by atoms with Gasteiger partial charge in [-0.2, -0.15) is 13.2 Å². The highest BCUT2D eigenvalue weighted by atomic mass is 19.4. The smallest absolute Gasteiger partial charge is 0.373 e. The topological polar surface area (TPSA) is 24.9 Å². The van der Waals surface area contributed by atoms with Crippen LogP contribution in [0.25, 0.3) is 0 Å². The first-order valence-corrected chi connectivity index (χ1v) is 4.77. The molecule has 82 valence electrons. The Bertz CT molecular complexity index is 369. The van der Waals surface area contributed by atoms with Gasteiger partial charge in [-0.25, -0.2) is 4.98 Å². The van der Waals surface area contributed by atoms with Gasteiger partial charge in [0.05, 0.1) is 5.56 Å². The van der Waals surface area contributed by atoms with Crippen LogP contribution in [0.4, 0.5) is 19.0 Å². The third kappa shape index (κ3) is 2.22. The average molecular weight is 216 g/mol. The quantitative estimate of drug-likeness (QED) is 0.821. The van der Waals surface area contributed by atoms with Crippen molar-refractivity contribution in [1.29, 1.82) is 0 Å². The van der Waals surface area contributed by atoms with Crippen LogP contribution < -0.4 is 5.32 Å². The number of rotatable bonds is 2. The molecular formula is C10H11F3N2. The van der Waals surface area contributed by atoms with Crippen LogP contribution in [-0.4, -0.2) is 12.0 Å². The van der Waals surface area contributed by atoms with Crippen LogP contribution in [0.3, 0.4) is 0 Å². The lowest BCUT2D eigenvalue weighted by atomic mass is 10.1. The van der Waals surface area contributed by atoms with Crippen molar-refractivity contribution in [2.45, 2.75) is 24.9 Å². The summed E-state index contributed by atoms with van der Waals surface area (Å²) in [5.74, 6) is 0.506. The van der Waals surface area contributed by atoms with Crippen molar-refractivity contribution in [2.24, 2.45) is 0 Å². The number of pyridine rings is 1. The molecule has 1 aliphatic carbocycles. The Morgan fingerprint density at radius 2 is 2.00 bits per heavy atom. The molecule has 1 fully saturated rings. The van der Waals surface area contributed by atoms with Crippen LogP contribution in [0.1, 0.15) is 30.0 Å². The van der Waals surface area contributed by atoms with E-state index in [4.69, 9.17) is 0 Å². The van der Waals surface area contributed by atoms with E-state index < -0.39 is 11.7 Å². The van der Waals surface area contributed by atoms with Gasteiger partial charge in [0.25, 0.3) is 0 Å². The molecule has 0 unspecified atom stereocenters. The fourth-order valence-electron chi connectivity index (χ4n) is 1.43. The van der Waals surface area contributed by atoms with E-state index in [1.165, 1.54) is 0 Å². The molecule has 0 radical (unpaired) electrons. The molecule has 0 spiro atoms. The maximum absolute atomic E-state index is 12.5. The van der Waals surface area contributed by atoms with E-state index in [1.807, 2.05) is 0 Å². The fraction of sp³-hybridized carbons (Fsp3) is 0.500. The second-order valence-corrected chi connectivity index (χ2v) is 3.69. The van der Waals surface area contributed by atoms with Crippen LogP contribution in [-0.2, 0) is 6.18 Å². The molecule has 2 nitrogen and oxygen atoms in total. The molecule has 15 heavy (non-hydrogen) atoms. The average Bonchev–Trinajstić information content (AvgIpc) is 2.99. The molecule has 0 saturated heterocycles. The molecule has 1 N–H and O–H groups in total. The van der Waals surface area contributed by atoms with Gasteiger partial charge >= 0.3 is 6.18 Å². The van der Waals surface area contributed by atoms with Gasteiger partial charge in [-0.3, -0.25) is 0 Å². The first-order chi connectivity index (χ1) is 7.00. The van der Waals surface area contributed by atoms with Gasteiger partial charge in [0.2, 0.25) is 0 Å². The summed E-state index contributed by atoms with van der Waals surface area (Å²) in [7, 11) is 1.57. The molecule has 0 aliphatic heterocycles. The summed E-state index contributed by atoms with van der Waals surface area (Å²) >= 11 is 0. The largest absolute Gasteiger partial charge is 0.416 e. The van der Waals surface area contributed by atoms with Crippen molar-refractivity contribution in [3.63, 3.8) is 0 Å². The van der Waals surface area contributed by atoms with E-state index in [0.717, 1.165) is 25.0 Å². The monoisotopic (exact) mass is 216 g/mol. The van der Waals surface area contributed by atoms with Crippen LogP contribution in [0.15, 0.2) is 12.1 Å². The summed E-state index contributed by atoms with van der Waals surface area (Å²) in [5.41, 5.74) is -0.0714. The first kappa shape index (κ1) is 10.3. The third-order valence-electron chi connectivity index (χ3n) is 2.42. The summed E-state index contributed by atoms with van der Waals surface area (Å²) in [6.45, 7) is 0. The number of hydrogen-bond donors (Lipinski definition) is 1. The van der Waals surface area contributed by atoms with Gasteiger partial charge in [0, 0.05) is 18.7 Å². The summed E-state index contributed by atoms with van der Waals surface area (Å²) in [5, 5.41) is 2.65. The number of anilines is 1. The molecule has 1 aromatic rings. The van der Waals surface area contributed by atoms with Gasteiger partial charge in [-0.05, 0) is 25.0 Å². The zero-order valence-electron chi connectivity index (χ0n) is 8.23. The van der Waals surface area contributed by atoms with Crippen molar-refractivity contribution in [3.05, 3.63) is 23.4 Å². The standard InChI is InChI=1S/C10H11F3N2/c1-14-9-5-7(10(11,12)13)4-8(15-9)6-2-3-6/h4-6H,2-3H2,1H3,(H,14,15). The van der Waals surface area contributed by atoms with Crippen molar-refractivity contribution >= 4 is 5.82 Å². The highest BCUT2D eigenvalue weighted by molar-refractivity contribution is 5.41. The number of nitrogens with zero attached hydrogens (tertiary/aromatic N) is 1. The van der Waals surface area contributed by atoms with E-state index in [2.05, 4.69) is 10.3 Å². The van der Waals surface area contributed by atoms with Gasteiger partial charge in [-0.1, -0.05) is 0 Å². The molecule has 1 heterocycles. The second kappa shape index (κ2) is 3.40. The molecule has 5 heteroatoms. The van der Waals surface area contributed by atoms with Crippen molar-refractivity contribution in [3.8, 4) is 0 Å². The predicted octanol–water partition coefficient (Wildman–Crippen LogP) is 3.02. The van der Waals surface area contributed by atoms with Crippen LogP contribution in [0.5, 0.6) is 0 Å². The molecule has 0 amide bonds. The van der Waals surface area contributed by atoms with E-state index in [0.29, 0.717) is 5.69 Å². The summed E-state index contributed by atoms with van der Waals surface area (Å²) < 4.78 is 37.5.